The van der Waals surface area contributed by atoms with Crippen molar-refractivity contribution in [3.05, 3.63) is 0 Å². The molecule has 0 heterocycles. The molecule has 0 spiro atoms. The van der Waals surface area contributed by atoms with E-state index in [1.165, 1.54) is 6.92 Å². The van der Waals surface area contributed by atoms with Crippen LogP contribution in [0.5, 0.6) is 0 Å². The Bertz CT molecular complexity index is 120. The van der Waals surface area contributed by atoms with E-state index in [0.717, 1.165) is 0 Å². The summed E-state index contributed by atoms with van der Waals surface area (Å²) in [5.74, 6) is -0.616. The van der Waals surface area contributed by atoms with E-state index in [1.807, 2.05) is 0 Å². The molecule has 0 radical (unpaired) electrons. The van der Waals surface area contributed by atoms with Crippen LogP contribution in [0, 0.1) is 17.2 Å². The van der Waals surface area contributed by atoms with Gasteiger partial charge >= 0.3 is 29.6 Å². The van der Waals surface area contributed by atoms with Crippen LogP contribution in [0.2, 0.25) is 0 Å². The van der Waals surface area contributed by atoms with Crippen molar-refractivity contribution in [1.29, 1.82) is 5.26 Å². The van der Waals surface area contributed by atoms with Crippen molar-refractivity contribution >= 4 is 17.7 Å². The van der Waals surface area contributed by atoms with Gasteiger partial charge in [0.25, 0.3) is 0 Å². The average molecular weight is 137 g/mol. The van der Waals surface area contributed by atoms with Gasteiger partial charge in [-0.15, -0.1) is 0 Å². The van der Waals surface area contributed by atoms with Crippen LogP contribution in [0.15, 0.2) is 0 Å². The summed E-state index contributed by atoms with van der Waals surface area (Å²) in [6.45, 7) is 1.48. The minimum atomic E-state index is -0.616. The van der Waals surface area contributed by atoms with E-state index in [2.05, 4.69) is 12.6 Å². The monoisotopic (exact) mass is 137 g/mol. The maximum Gasteiger partial charge on any atom is 1.00 e. The van der Waals surface area contributed by atoms with Crippen molar-refractivity contribution in [2.45, 2.75) is 6.92 Å². The molecular formula is C4H4NNaOS. The Morgan fingerprint density at radius 2 is 2.25 bits per heavy atom. The van der Waals surface area contributed by atoms with Gasteiger partial charge in [-0.05, 0) is 6.92 Å². The van der Waals surface area contributed by atoms with Gasteiger partial charge in [0, 0.05) is 5.12 Å². The summed E-state index contributed by atoms with van der Waals surface area (Å²) in [7, 11) is 0. The quantitative estimate of drug-likeness (QED) is 0.290. The molecule has 0 aliphatic heterocycles. The molecule has 1 unspecified atom stereocenters. The molecule has 2 nitrogen and oxygen atoms in total. The molecule has 0 aliphatic carbocycles. The number of hydrogen-bond donors (Lipinski definition) is 0. The molecule has 0 saturated heterocycles. The first kappa shape index (κ1) is 11.2. The fraction of sp³-hybridized carbons (Fsp3) is 0.500. The smallest absolute Gasteiger partial charge is 0.741 e. The van der Waals surface area contributed by atoms with Gasteiger partial charge in [0.15, 0.2) is 0 Å². The fourth-order valence-electron chi connectivity index (χ4n) is 0.0527. The molecule has 1 atom stereocenters. The van der Waals surface area contributed by atoms with Crippen LogP contribution in [0.4, 0.5) is 0 Å². The second kappa shape index (κ2) is 5.52. The predicted octanol–water partition coefficient (Wildman–Crippen LogP) is -2.78. The summed E-state index contributed by atoms with van der Waals surface area (Å²) in [6, 6.07) is 1.71. The molecule has 0 aromatic heterocycles. The normalized spacial score (nSPS) is 10.5. The number of nitriles is 1. The molecule has 0 aliphatic rings. The topological polar surface area (TPSA) is 40.9 Å². The molecule has 8 heavy (non-hydrogen) atoms. The second-order valence-electron chi connectivity index (χ2n) is 1.17. The van der Waals surface area contributed by atoms with Crippen molar-refractivity contribution < 1.29 is 34.4 Å². The van der Waals surface area contributed by atoms with Crippen LogP contribution in [0.25, 0.3) is 0 Å². The maximum absolute atomic E-state index is 9.97. The Morgan fingerprint density at radius 1 is 1.88 bits per heavy atom. The zero-order chi connectivity index (χ0) is 5.86. The molecule has 0 saturated carbocycles. The summed E-state index contributed by atoms with van der Waals surface area (Å²) >= 11 is 4.14. The number of carbonyl (C=O) groups excluding carboxylic acids is 1. The number of hydrogen-bond acceptors (Lipinski definition) is 3. The molecule has 0 N–H and O–H groups in total. The third kappa shape index (κ3) is 4.54. The van der Waals surface area contributed by atoms with Crippen LogP contribution in [0.3, 0.4) is 0 Å². The van der Waals surface area contributed by atoms with E-state index in [9.17, 15) is 4.79 Å². The first-order chi connectivity index (χ1) is 3.18. The van der Waals surface area contributed by atoms with Crippen LogP contribution in [-0.2, 0) is 17.4 Å². The van der Waals surface area contributed by atoms with E-state index in [4.69, 9.17) is 5.26 Å². The zero-order valence-electron chi connectivity index (χ0n) is 4.84. The first-order valence-electron chi connectivity index (χ1n) is 1.79. The van der Waals surface area contributed by atoms with Crippen molar-refractivity contribution in [3.63, 3.8) is 0 Å². The SMILES string of the molecule is CC(C#N)C(=O)[S-].[Na+]. The van der Waals surface area contributed by atoms with Crippen LogP contribution < -0.4 is 29.6 Å². The van der Waals surface area contributed by atoms with E-state index in [1.54, 1.807) is 6.07 Å². The third-order valence-electron chi connectivity index (χ3n) is 0.547. The summed E-state index contributed by atoms with van der Waals surface area (Å²) < 4.78 is 0. The minimum absolute atomic E-state index is 0. The maximum atomic E-state index is 9.97. The summed E-state index contributed by atoms with van der Waals surface area (Å²) in [5, 5.41) is 7.48. The zero-order valence-corrected chi connectivity index (χ0v) is 7.66. The Balaban J connectivity index is 0. The van der Waals surface area contributed by atoms with Gasteiger partial charge in [0.2, 0.25) is 0 Å². The molecule has 38 valence electrons. The average Bonchev–Trinajstić information content (AvgIpc) is 1.65. The molecule has 0 bridgehead atoms. The van der Waals surface area contributed by atoms with Gasteiger partial charge in [-0.2, -0.15) is 5.26 Å². The van der Waals surface area contributed by atoms with Gasteiger partial charge in [-0.3, -0.25) is 0 Å². The van der Waals surface area contributed by atoms with E-state index < -0.39 is 11.0 Å². The molecule has 0 fully saturated rings. The summed E-state index contributed by atoms with van der Waals surface area (Å²) in [4.78, 5) is 9.97. The van der Waals surface area contributed by atoms with Gasteiger partial charge in [-0.25, -0.2) is 0 Å². The molecular weight excluding hydrogens is 133 g/mol. The third-order valence-corrected chi connectivity index (χ3v) is 0.901. The molecule has 0 amide bonds. The molecule has 0 aromatic carbocycles. The predicted molar refractivity (Wildman–Crippen MR) is 27.1 cm³/mol. The fourth-order valence-corrected chi connectivity index (χ4v) is 0.105. The van der Waals surface area contributed by atoms with Gasteiger partial charge < -0.3 is 17.4 Å². The van der Waals surface area contributed by atoms with Crippen LogP contribution in [0.1, 0.15) is 6.92 Å². The number of nitrogens with zero attached hydrogens (tertiary/aromatic N) is 1. The van der Waals surface area contributed by atoms with Crippen molar-refractivity contribution in [3.8, 4) is 6.07 Å². The first-order valence-corrected chi connectivity index (χ1v) is 2.19. The summed E-state index contributed by atoms with van der Waals surface area (Å²) in [6.07, 6.45) is 0. The van der Waals surface area contributed by atoms with Gasteiger partial charge in [0.05, 0.1) is 12.0 Å². The largest absolute Gasteiger partial charge is 1.00 e. The van der Waals surface area contributed by atoms with Crippen LogP contribution >= 0.6 is 0 Å². The van der Waals surface area contributed by atoms with Gasteiger partial charge in [-0.1, -0.05) is 0 Å². The Morgan fingerprint density at radius 3 is 2.25 bits per heavy atom. The Labute approximate surface area is 76.0 Å². The molecule has 4 heteroatoms. The number of carbonyl (C=O) groups is 1. The van der Waals surface area contributed by atoms with E-state index in [0.29, 0.717) is 0 Å². The van der Waals surface area contributed by atoms with Crippen molar-refractivity contribution in [1.82, 2.24) is 0 Å². The van der Waals surface area contributed by atoms with Crippen LogP contribution in [-0.4, -0.2) is 5.12 Å². The molecule has 0 aromatic rings. The molecule has 0 rings (SSSR count). The summed E-state index contributed by atoms with van der Waals surface area (Å²) in [5.41, 5.74) is 0. The van der Waals surface area contributed by atoms with Crippen molar-refractivity contribution in [2.24, 2.45) is 5.92 Å². The van der Waals surface area contributed by atoms with E-state index >= 15 is 0 Å². The van der Waals surface area contributed by atoms with Gasteiger partial charge in [0.1, 0.15) is 0 Å². The van der Waals surface area contributed by atoms with Crippen molar-refractivity contribution in [2.75, 3.05) is 0 Å². The Hall–Kier alpha value is 0.380. The number of rotatable bonds is 1. The van der Waals surface area contributed by atoms with E-state index in [-0.39, 0.29) is 29.6 Å². The Kier molecular flexibility index (Phi) is 7.73. The second-order valence-corrected chi connectivity index (χ2v) is 1.57. The standard InChI is InChI=1S/C4H5NOS.Na/c1-3(2-5)4(6)7;/h3H,1H3,(H,6,7);/q;+1/p-1. The minimum Gasteiger partial charge on any atom is -0.741 e.